The fourth-order valence-corrected chi connectivity index (χ4v) is 5.90. The lowest BCUT2D eigenvalue weighted by atomic mass is 10.1. The number of rotatable bonds is 30. The standard InChI is InChI=1S/C41H71NO3/c1-3-5-7-9-11-13-15-17-19-21-23-25-27-29-31-33-38-45-41(44)39-35-34-37-42(39)40(43)36-32-30-28-26-24-22-20-18-16-14-12-10-8-6-4-2/h11-14,17-20,39H,3-10,15-16,21-38H2,1-2H3/b13-11-,14-12-,19-17-,20-18-/t39-/m1/s1. The molecule has 0 unspecified atom stereocenters. The molecule has 1 rings (SSSR count). The quantitative estimate of drug-likeness (QED) is 0.0453. The number of ether oxygens (including phenoxy) is 1. The second-order valence-electron chi connectivity index (χ2n) is 13.0. The fraction of sp³-hybridized carbons (Fsp3) is 0.756. The lowest BCUT2D eigenvalue weighted by Crippen LogP contribution is -2.41. The average Bonchev–Trinajstić information content (AvgIpc) is 3.55. The predicted molar refractivity (Wildman–Crippen MR) is 194 cm³/mol. The van der Waals surface area contributed by atoms with E-state index in [9.17, 15) is 9.59 Å². The van der Waals surface area contributed by atoms with Crippen molar-refractivity contribution in [3.05, 3.63) is 48.6 Å². The highest BCUT2D eigenvalue weighted by Gasteiger charge is 2.34. The van der Waals surface area contributed by atoms with Crippen LogP contribution in [-0.2, 0) is 14.3 Å². The smallest absolute Gasteiger partial charge is 0.328 e. The van der Waals surface area contributed by atoms with Gasteiger partial charge in [-0.05, 0) is 89.9 Å². The van der Waals surface area contributed by atoms with Gasteiger partial charge in [-0.25, -0.2) is 4.79 Å². The number of carbonyl (C=O) groups is 2. The van der Waals surface area contributed by atoms with Crippen LogP contribution < -0.4 is 0 Å². The Morgan fingerprint density at radius 1 is 0.578 bits per heavy atom. The van der Waals surface area contributed by atoms with Crippen LogP contribution in [0.5, 0.6) is 0 Å². The van der Waals surface area contributed by atoms with E-state index in [1.54, 1.807) is 4.90 Å². The first kappa shape index (κ1) is 40.9. The Kier molecular flexibility index (Phi) is 29.0. The second kappa shape index (κ2) is 31.9. The summed E-state index contributed by atoms with van der Waals surface area (Å²) in [6.07, 6.45) is 48.0. The first-order valence-corrected chi connectivity index (χ1v) is 19.3. The van der Waals surface area contributed by atoms with Crippen molar-refractivity contribution in [2.75, 3.05) is 13.2 Å². The second-order valence-corrected chi connectivity index (χ2v) is 13.0. The topological polar surface area (TPSA) is 46.6 Å². The Labute approximate surface area is 279 Å². The molecule has 0 spiro atoms. The molecule has 0 bridgehead atoms. The highest BCUT2D eigenvalue weighted by molar-refractivity contribution is 5.85. The van der Waals surface area contributed by atoms with Crippen molar-refractivity contribution in [1.29, 1.82) is 0 Å². The molecule has 1 fully saturated rings. The normalized spacial score (nSPS) is 15.5. The molecule has 1 aliphatic heterocycles. The Morgan fingerprint density at radius 2 is 1.02 bits per heavy atom. The van der Waals surface area contributed by atoms with Crippen LogP contribution in [0.15, 0.2) is 48.6 Å². The minimum atomic E-state index is -0.361. The van der Waals surface area contributed by atoms with Crippen LogP contribution >= 0.6 is 0 Å². The van der Waals surface area contributed by atoms with Gasteiger partial charge in [0.25, 0.3) is 0 Å². The number of carbonyl (C=O) groups excluding carboxylic acids is 2. The molecule has 1 heterocycles. The van der Waals surface area contributed by atoms with Crippen LogP contribution in [0.2, 0.25) is 0 Å². The molecule has 0 aliphatic carbocycles. The third-order valence-electron chi connectivity index (χ3n) is 8.78. The largest absolute Gasteiger partial charge is 0.464 e. The van der Waals surface area contributed by atoms with E-state index in [2.05, 4.69) is 62.5 Å². The molecule has 1 aliphatic rings. The summed E-state index contributed by atoms with van der Waals surface area (Å²) in [5.41, 5.74) is 0. The molecule has 1 amide bonds. The van der Waals surface area contributed by atoms with E-state index in [1.807, 2.05) is 0 Å². The number of unbranched alkanes of at least 4 members (excludes halogenated alkanes) is 17. The number of amides is 1. The van der Waals surface area contributed by atoms with Gasteiger partial charge in [0.2, 0.25) is 5.91 Å². The van der Waals surface area contributed by atoms with E-state index in [1.165, 1.54) is 103 Å². The first-order valence-electron chi connectivity index (χ1n) is 19.3. The number of allylic oxidation sites excluding steroid dienone is 8. The number of nitrogens with zero attached hydrogens (tertiary/aromatic N) is 1. The van der Waals surface area contributed by atoms with E-state index in [0.717, 1.165) is 57.8 Å². The molecule has 0 aromatic carbocycles. The third-order valence-corrected chi connectivity index (χ3v) is 8.78. The average molecular weight is 626 g/mol. The van der Waals surface area contributed by atoms with Crippen molar-refractivity contribution in [3.8, 4) is 0 Å². The molecule has 0 radical (unpaired) electrons. The summed E-state index contributed by atoms with van der Waals surface area (Å²) in [4.78, 5) is 27.3. The molecule has 1 saturated heterocycles. The van der Waals surface area contributed by atoms with E-state index >= 15 is 0 Å². The Hall–Kier alpha value is -2.10. The Bertz CT molecular complexity index is 812. The molecule has 45 heavy (non-hydrogen) atoms. The minimum Gasteiger partial charge on any atom is -0.464 e. The minimum absolute atomic E-state index is 0.133. The van der Waals surface area contributed by atoms with Gasteiger partial charge in [0.05, 0.1) is 6.61 Å². The third kappa shape index (κ3) is 24.8. The van der Waals surface area contributed by atoms with Crippen molar-refractivity contribution in [3.63, 3.8) is 0 Å². The predicted octanol–water partition coefficient (Wildman–Crippen LogP) is 12.1. The fourth-order valence-electron chi connectivity index (χ4n) is 5.90. The van der Waals surface area contributed by atoms with Crippen molar-refractivity contribution in [2.45, 2.75) is 187 Å². The van der Waals surface area contributed by atoms with Crippen molar-refractivity contribution in [2.24, 2.45) is 0 Å². The van der Waals surface area contributed by atoms with E-state index < -0.39 is 0 Å². The summed E-state index contributed by atoms with van der Waals surface area (Å²) in [5, 5.41) is 0. The van der Waals surface area contributed by atoms with Gasteiger partial charge in [0.15, 0.2) is 0 Å². The Morgan fingerprint density at radius 3 is 1.53 bits per heavy atom. The van der Waals surface area contributed by atoms with Crippen LogP contribution in [0.25, 0.3) is 0 Å². The highest BCUT2D eigenvalue weighted by atomic mass is 16.5. The number of hydrogen-bond acceptors (Lipinski definition) is 3. The molecule has 0 aromatic heterocycles. The maximum atomic E-state index is 12.8. The Balaban J connectivity index is 1.98. The number of esters is 1. The van der Waals surface area contributed by atoms with Gasteiger partial charge in [-0.15, -0.1) is 0 Å². The van der Waals surface area contributed by atoms with Crippen LogP contribution in [0.4, 0.5) is 0 Å². The molecule has 4 nitrogen and oxygen atoms in total. The molecule has 1 atom stereocenters. The summed E-state index contributed by atoms with van der Waals surface area (Å²) in [6, 6.07) is -0.361. The summed E-state index contributed by atoms with van der Waals surface area (Å²) in [5.74, 6) is -0.0580. The van der Waals surface area contributed by atoms with Crippen LogP contribution in [0.1, 0.15) is 181 Å². The maximum absolute atomic E-state index is 12.8. The molecule has 0 N–H and O–H groups in total. The summed E-state index contributed by atoms with van der Waals surface area (Å²) in [6.45, 7) is 5.68. The van der Waals surface area contributed by atoms with Gasteiger partial charge in [-0.1, -0.05) is 133 Å². The van der Waals surface area contributed by atoms with Gasteiger partial charge in [0.1, 0.15) is 6.04 Å². The molecular formula is C41H71NO3. The van der Waals surface area contributed by atoms with Gasteiger partial charge >= 0.3 is 5.97 Å². The summed E-state index contributed by atoms with van der Waals surface area (Å²) >= 11 is 0. The van der Waals surface area contributed by atoms with E-state index in [0.29, 0.717) is 19.6 Å². The lowest BCUT2D eigenvalue weighted by molar-refractivity contribution is -0.153. The summed E-state index contributed by atoms with van der Waals surface area (Å²) in [7, 11) is 0. The lowest BCUT2D eigenvalue weighted by Gasteiger charge is -2.23. The SMILES string of the molecule is CCCCC/C=C\C/C=C\CCCCCCCCOC(=O)[C@H]1CCCN1C(=O)CCCCCCC/C=C\C/C=C\CCCCC. The van der Waals surface area contributed by atoms with E-state index in [-0.39, 0.29) is 17.9 Å². The van der Waals surface area contributed by atoms with Crippen LogP contribution in [0.3, 0.4) is 0 Å². The zero-order valence-electron chi connectivity index (χ0n) is 29.7. The monoisotopic (exact) mass is 626 g/mol. The van der Waals surface area contributed by atoms with Gasteiger partial charge in [-0.3, -0.25) is 4.79 Å². The maximum Gasteiger partial charge on any atom is 0.328 e. The van der Waals surface area contributed by atoms with Crippen molar-refractivity contribution >= 4 is 11.9 Å². The van der Waals surface area contributed by atoms with Crippen molar-refractivity contribution in [1.82, 2.24) is 4.90 Å². The molecule has 258 valence electrons. The van der Waals surface area contributed by atoms with Gasteiger partial charge in [0, 0.05) is 13.0 Å². The molecule has 0 aromatic rings. The van der Waals surface area contributed by atoms with Gasteiger partial charge in [-0.2, -0.15) is 0 Å². The highest BCUT2D eigenvalue weighted by Crippen LogP contribution is 2.21. The molecular weight excluding hydrogens is 554 g/mol. The van der Waals surface area contributed by atoms with E-state index in [4.69, 9.17) is 4.74 Å². The number of hydrogen-bond donors (Lipinski definition) is 0. The first-order chi connectivity index (χ1) is 22.2. The van der Waals surface area contributed by atoms with Crippen LogP contribution in [0, 0.1) is 0 Å². The zero-order valence-corrected chi connectivity index (χ0v) is 29.7. The van der Waals surface area contributed by atoms with Crippen LogP contribution in [-0.4, -0.2) is 36.0 Å². The zero-order chi connectivity index (χ0) is 32.5. The van der Waals surface area contributed by atoms with Crippen molar-refractivity contribution < 1.29 is 14.3 Å². The number of likely N-dealkylation sites (tertiary alicyclic amines) is 1. The molecule has 4 heteroatoms. The van der Waals surface area contributed by atoms with Gasteiger partial charge < -0.3 is 9.64 Å². The molecule has 0 saturated carbocycles. The summed E-state index contributed by atoms with van der Waals surface area (Å²) < 4.78 is 5.60.